The number of nitriles is 2. The number of aromatic amines is 2. The number of H-pyrrole nitrogens is 2. The summed E-state index contributed by atoms with van der Waals surface area (Å²) in [6.07, 6.45) is 6.08. The molecule has 2 fully saturated rings. The summed E-state index contributed by atoms with van der Waals surface area (Å²) >= 11 is 2.36. The number of likely N-dealkylation sites (N-methyl/N-ethyl adjacent to an activating group) is 1. The molecule has 2 aliphatic carbocycles. The number of hydrogen-bond acceptors (Lipinski definition) is 7. The Morgan fingerprint density at radius 1 is 0.625 bits per heavy atom. The normalized spacial score (nSPS) is 17.3. The molecule has 4 heterocycles. The molecule has 2 aliphatic heterocycles. The van der Waals surface area contributed by atoms with E-state index in [2.05, 4.69) is 139 Å². The molecule has 0 atom stereocenters. The Bertz CT molecular complexity index is 2870. The van der Waals surface area contributed by atoms with Gasteiger partial charge in [-0.05, 0) is 146 Å². The second kappa shape index (κ2) is 18.3. The van der Waals surface area contributed by atoms with E-state index in [0.29, 0.717) is 11.1 Å². The monoisotopic (exact) mass is 967 g/mol. The molecule has 0 unspecified atom stereocenters. The van der Waals surface area contributed by atoms with Gasteiger partial charge < -0.3 is 24.7 Å². The van der Waals surface area contributed by atoms with Crippen molar-refractivity contribution in [1.82, 2.24) is 19.8 Å². The summed E-state index contributed by atoms with van der Waals surface area (Å²) in [5.41, 5.74) is 13.1. The van der Waals surface area contributed by atoms with E-state index in [9.17, 15) is 14.9 Å². The van der Waals surface area contributed by atoms with E-state index < -0.39 is 0 Å². The van der Waals surface area contributed by atoms with Gasteiger partial charge in [-0.2, -0.15) is 10.5 Å². The van der Waals surface area contributed by atoms with Gasteiger partial charge in [0.15, 0.2) is 11.6 Å². The molecule has 0 amide bonds. The lowest BCUT2D eigenvalue weighted by Gasteiger charge is -2.38. The second-order valence-electron chi connectivity index (χ2n) is 18.8. The molecule has 0 saturated carbocycles. The molecule has 64 heavy (non-hydrogen) atoms. The lowest BCUT2D eigenvalue weighted by molar-refractivity contribution is 0.102. The SMILES string of the molecule is C.CCc1cc2c(cc1I)C(C)(C)c1[nH]c3cc(C#N)ccc3c1C2=O.CCc1cc2c(cc1N1CCN(C)CC1)C(C)(C)c1[nH]c3cc(C#N)ccc3c1C2=O.CN1CCCCC1. The highest BCUT2D eigenvalue weighted by atomic mass is 127. The molecule has 0 radical (unpaired) electrons. The van der Waals surface area contributed by atoms with Crippen LogP contribution in [-0.2, 0) is 23.7 Å². The number of benzene rings is 4. The minimum Gasteiger partial charge on any atom is -0.369 e. The first-order chi connectivity index (χ1) is 30.1. The molecular weight excluding hydrogens is 906 g/mol. The zero-order chi connectivity index (χ0) is 45.0. The van der Waals surface area contributed by atoms with Crippen molar-refractivity contribution in [3.8, 4) is 12.1 Å². The number of aromatic nitrogens is 2. The van der Waals surface area contributed by atoms with E-state index in [0.717, 1.165) is 106 Å². The zero-order valence-corrected chi connectivity index (χ0v) is 40.1. The van der Waals surface area contributed by atoms with Crippen LogP contribution in [0.2, 0.25) is 0 Å². The Balaban J connectivity index is 0.000000166. The van der Waals surface area contributed by atoms with Crippen molar-refractivity contribution in [1.29, 1.82) is 10.5 Å². The summed E-state index contributed by atoms with van der Waals surface area (Å²) in [6.45, 7) is 19.7. The summed E-state index contributed by atoms with van der Waals surface area (Å²) in [5.74, 6) is 0.159. The van der Waals surface area contributed by atoms with Crippen molar-refractivity contribution in [3.63, 3.8) is 0 Å². The third-order valence-electron chi connectivity index (χ3n) is 14.0. The summed E-state index contributed by atoms with van der Waals surface area (Å²) in [4.78, 5) is 41.2. The highest BCUT2D eigenvalue weighted by molar-refractivity contribution is 14.1. The number of carbonyl (C=O) groups is 2. The van der Waals surface area contributed by atoms with Crippen LogP contribution >= 0.6 is 22.6 Å². The zero-order valence-electron chi connectivity index (χ0n) is 38.0. The van der Waals surface area contributed by atoms with Crippen LogP contribution < -0.4 is 4.90 Å². The summed E-state index contributed by atoms with van der Waals surface area (Å²) in [6, 6.07) is 24.0. The van der Waals surface area contributed by atoms with Crippen molar-refractivity contribution in [2.45, 2.75) is 91.9 Å². The third kappa shape index (κ3) is 8.18. The molecule has 4 aliphatic rings. The Morgan fingerprint density at radius 3 is 1.52 bits per heavy atom. The Morgan fingerprint density at radius 2 is 1.08 bits per heavy atom. The molecule has 10 rings (SSSR count). The van der Waals surface area contributed by atoms with E-state index in [1.54, 1.807) is 12.1 Å². The summed E-state index contributed by atoms with van der Waals surface area (Å²) in [7, 11) is 4.36. The topological polar surface area (TPSA) is 123 Å². The molecule has 0 spiro atoms. The van der Waals surface area contributed by atoms with Gasteiger partial charge >= 0.3 is 0 Å². The third-order valence-corrected chi connectivity index (χ3v) is 15.0. The van der Waals surface area contributed by atoms with Crippen LogP contribution in [0.5, 0.6) is 0 Å². The fraction of sp³-hybridized carbons (Fsp3) is 0.407. The number of likely N-dealkylation sites (tertiary alicyclic amines) is 1. The van der Waals surface area contributed by atoms with Gasteiger partial charge in [0.1, 0.15) is 0 Å². The Kier molecular flexibility index (Phi) is 13.4. The van der Waals surface area contributed by atoms with Gasteiger partial charge in [-0.15, -0.1) is 0 Å². The average molecular weight is 968 g/mol. The number of anilines is 1. The van der Waals surface area contributed by atoms with Gasteiger partial charge in [-0.1, -0.05) is 67.5 Å². The van der Waals surface area contributed by atoms with Gasteiger partial charge in [0, 0.05) is 90.6 Å². The minimum absolute atomic E-state index is 0. The standard InChI is InChI=1S/C26H28N4O.C21H17IN2O.C6H13N.CH4/c1-5-17-13-19-20(14-22(17)30-10-8-29(4)9-11-30)26(2,3)25-23(24(19)31)18-7-6-16(15-27)12-21(18)28-25;1-4-12-8-14-15(9-16(12)22)21(2,3)20-18(19(14)25)13-6-5-11(10-23)7-17(13)24-20;1-7-5-3-2-4-6-7;/h6-7,12-14,28H,5,8-11H2,1-4H3;5-9,24H,4H2,1-3H3;2-6H2,1H3;1H4. The number of piperazine rings is 1. The fourth-order valence-corrected chi connectivity index (χ4v) is 10.9. The molecule has 0 bridgehead atoms. The number of nitrogens with one attached hydrogen (secondary N) is 2. The summed E-state index contributed by atoms with van der Waals surface area (Å²) < 4.78 is 1.20. The van der Waals surface area contributed by atoms with Crippen LogP contribution in [0.25, 0.3) is 21.8 Å². The molecule has 2 saturated heterocycles. The van der Waals surface area contributed by atoms with Gasteiger partial charge in [0.2, 0.25) is 0 Å². The maximum absolute atomic E-state index is 13.7. The minimum atomic E-state index is -0.335. The smallest absolute Gasteiger partial charge is 0.195 e. The van der Waals surface area contributed by atoms with Crippen molar-refractivity contribution < 1.29 is 9.59 Å². The van der Waals surface area contributed by atoms with Crippen LogP contribution in [0, 0.1) is 26.2 Å². The van der Waals surface area contributed by atoms with Crippen LogP contribution in [0.15, 0.2) is 60.7 Å². The predicted molar refractivity (Wildman–Crippen MR) is 269 cm³/mol. The quantitative estimate of drug-likeness (QED) is 0.169. The first-order valence-electron chi connectivity index (χ1n) is 22.5. The highest BCUT2D eigenvalue weighted by Crippen LogP contribution is 2.47. The average Bonchev–Trinajstić information content (AvgIpc) is 3.88. The first-order valence-corrected chi connectivity index (χ1v) is 23.5. The predicted octanol–water partition coefficient (Wildman–Crippen LogP) is 11.0. The lowest BCUT2D eigenvalue weighted by Crippen LogP contribution is -2.45. The van der Waals surface area contributed by atoms with Crippen LogP contribution in [-0.4, -0.2) is 84.7 Å². The molecule has 6 aromatic rings. The second-order valence-corrected chi connectivity index (χ2v) is 19.9. The van der Waals surface area contributed by atoms with Crippen molar-refractivity contribution in [3.05, 3.63) is 131 Å². The number of aryl methyl sites for hydroxylation is 2. The number of hydrogen-bond donors (Lipinski definition) is 2. The van der Waals surface area contributed by atoms with E-state index in [1.165, 1.54) is 52.7 Å². The number of ketones is 2. The number of nitrogens with zero attached hydrogens (tertiary/aromatic N) is 5. The Hall–Kier alpha value is -5.27. The van der Waals surface area contributed by atoms with Crippen molar-refractivity contribution in [2.75, 3.05) is 58.3 Å². The lowest BCUT2D eigenvalue weighted by atomic mass is 9.70. The van der Waals surface area contributed by atoms with Gasteiger partial charge in [-0.3, -0.25) is 9.59 Å². The van der Waals surface area contributed by atoms with E-state index in [1.807, 2.05) is 24.3 Å². The van der Waals surface area contributed by atoms with E-state index >= 15 is 0 Å². The first kappa shape index (κ1) is 46.7. The Labute approximate surface area is 393 Å². The van der Waals surface area contributed by atoms with Crippen LogP contribution in [0.4, 0.5) is 5.69 Å². The molecule has 2 aromatic heterocycles. The van der Waals surface area contributed by atoms with Crippen molar-refractivity contribution >= 4 is 61.7 Å². The highest BCUT2D eigenvalue weighted by Gasteiger charge is 2.42. The summed E-state index contributed by atoms with van der Waals surface area (Å²) in [5, 5.41) is 20.2. The maximum Gasteiger partial charge on any atom is 0.195 e. The number of rotatable bonds is 3. The van der Waals surface area contributed by atoms with Gasteiger partial charge in [0.25, 0.3) is 0 Å². The molecule has 10 heteroatoms. The molecule has 332 valence electrons. The maximum atomic E-state index is 13.7. The van der Waals surface area contributed by atoms with E-state index in [4.69, 9.17) is 5.26 Å². The molecule has 9 nitrogen and oxygen atoms in total. The molecule has 4 aromatic carbocycles. The molecular formula is C54H62IN7O2. The van der Waals surface area contributed by atoms with Crippen LogP contribution in [0.1, 0.15) is 145 Å². The number of carbonyl (C=O) groups excluding carboxylic acids is 2. The number of fused-ring (bicyclic) bond motifs is 8. The van der Waals surface area contributed by atoms with Gasteiger partial charge in [-0.25, -0.2) is 0 Å². The van der Waals surface area contributed by atoms with Gasteiger partial charge in [0.05, 0.1) is 34.4 Å². The number of halogens is 1. The van der Waals surface area contributed by atoms with Crippen molar-refractivity contribution in [2.24, 2.45) is 0 Å². The molecule has 2 N–H and O–H groups in total. The van der Waals surface area contributed by atoms with E-state index in [-0.39, 0.29) is 29.8 Å². The van der Waals surface area contributed by atoms with Crippen LogP contribution in [0.3, 0.4) is 0 Å². The largest absolute Gasteiger partial charge is 0.369 e. The fourth-order valence-electron chi connectivity index (χ4n) is 10.1. The number of piperidine rings is 1.